The molecule has 1 aliphatic heterocycles. The molecular weight excluding hydrogens is 360 g/mol. The Morgan fingerprint density at radius 1 is 1.28 bits per heavy atom. The van der Waals surface area contributed by atoms with Crippen molar-refractivity contribution in [3.8, 4) is 5.75 Å². The van der Waals surface area contributed by atoms with Gasteiger partial charge >= 0.3 is 5.63 Å². The molecule has 0 bridgehead atoms. The summed E-state index contributed by atoms with van der Waals surface area (Å²) in [6, 6.07) is 5.75. The van der Waals surface area contributed by atoms with Crippen molar-refractivity contribution in [1.29, 1.82) is 0 Å². The summed E-state index contributed by atoms with van der Waals surface area (Å²) < 4.78 is 12.1. The number of ether oxygens (including phenoxy) is 1. The Morgan fingerprint density at radius 2 is 2.03 bits per heavy atom. The Morgan fingerprint density at radius 3 is 2.72 bits per heavy atom. The van der Waals surface area contributed by atoms with E-state index in [9.17, 15) is 4.79 Å². The highest BCUT2D eigenvalue weighted by atomic mass is 16.5. The number of benzene rings is 1. The van der Waals surface area contributed by atoms with Crippen molar-refractivity contribution in [2.75, 3.05) is 0 Å². The van der Waals surface area contributed by atoms with E-state index in [1.807, 2.05) is 31.2 Å². The average molecular weight is 393 g/mol. The largest absolute Gasteiger partial charge is 0.489 e. The first-order chi connectivity index (χ1) is 13.7. The number of allylic oxidation sites excluding steroid dienone is 4. The Kier molecular flexibility index (Phi) is 6.16. The molecule has 3 heteroatoms. The zero-order valence-electron chi connectivity index (χ0n) is 18.3. The number of aryl methyl sites for hydroxylation is 1. The van der Waals surface area contributed by atoms with Gasteiger partial charge in [-0.25, -0.2) is 4.79 Å². The molecule has 3 rings (SSSR count). The molecule has 0 saturated heterocycles. The Balaban J connectivity index is 1.96. The first-order valence-electron chi connectivity index (χ1n) is 10.4. The topological polar surface area (TPSA) is 39.4 Å². The van der Waals surface area contributed by atoms with Crippen molar-refractivity contribution in [2.24, 2.45) is 0 Å². The zero-order valence-corrected chi connectivity index (χ0v) is 18.3. The van der Waals surface area contributed by atoms with Crippen LogP contribution in [0.3, 0.4) is 0 Å². The van der Waals surface area contributed by atoms with Crippen LogP contribution in [0.15, 0.2) is 63.4 Å². The molecule has 2 atom stereocenters. The van der Waals surface area contributed by atoms with E-state index >= 15 is 0 Å². The predicted octanol–water partition coefficient (Wildman–Crippen LogP) is 6.78. The number of hydrogen-bond donors (Lipinski definition) is 0. The molecule has 29 heavy (non-hydrogen) atoms. The zero-order chi connectivity index (χ0) is 21.2. The van der Waals surface area contributed by atoms with Crippen LogP contribution in [-0.2, 0) is 5.41 Å². The molecule has 1 aromatic heterocycles. The van der Waals surface area contributed by atoms with Crippen LogP contribution >= 0.6 is 0 Å². The summed E-state index contributed by atoms with van der Waals surface area (Å²) in [7, 11) is 0. The first-order valence-corrected chi connectivity index (χ1v) is 10.4. The first kappa shape index (κ1) is 21.2. The Labute approximate surface area is 173 Å². The molecule has 0 saturated carbocycles. The van der Waals surface area contributed by atoms with Crippen LogP contribution in [0.4, 0.5) is 0 Å². The van der Waals surface area contributed by atoms with Crippen LogP contribution < -0.4 is 10.4 Å². The maximum absolute atomic E-state index is 12.8. The highest BCUT2D eigenvalue weighted by Gasteiger charge is 2.40. The highest BCUT2D eigenvalue weighted by molar-refractivity contribution is 5.88. The molecule has 0 radical (unpaired) electrons. The minimum Gasteiger partial charge on any atom is -0.489 e. The van der Waals surface area contributed by atoms with Gasteiger partial charge in [-0.05, 0) is 58.6 Å². The van der Waals surface area contributed by atoms with Gasteiger partial charge in [0.15, 0.2) is 0 Å². The van der Waals surface area contributed by atoms with E-state index in [0.717, 1.165) is 30.2 Å². The van der Waals surface area contributed by atoms with Crippen molar-refractivity contribution in [2.45, 2.75) is 71.8 Å². The number of fused-ring (bicyclic) bond motifs is 3. The molecule has 3 nitrogen and oxygen atoms in total. The predicted molar refractivity (Wildman–Crippen MR) is 121 cm³/mol. The summed E-state index contributed by atoms with van der Waals surface area (Å²) in [5.41, 5.74) is 4.14. The van der Waals surface area contributed by atoms with Crippen LogP contribution in [0.1, 0.15) is 64.5 Å². The smallest absolute Gasteiger partial charge is 0.344 e. The van der Waals surface area contributed by atoms with E-state index in [0.29, 0.717) is 23.3 Å². The van der Waals surface area contributed by atoms with E-state index < -0.39 is 5.41 Å². The van der Waals surface area contributed by atoms with E-state index in [1.165, 1.54) is 11.1 Å². The van der Waals surface area contributed by atoms with Gasteiger partial charge in [0.2, 0.25) is 0 Å². The fraction of sp³-hybridized carbons (Fsp3) is 0.423. The van der Waals surface area contributed by atoms with Gasteiger partial charge in [-0.1, -0.05) is 48.4 Å². The lowest BCUT2D eigenvalue weighted by Crippen LogP contribution is -2.39. The molecule has 0 N–H and O–H groups in total. The quantitative estimate of drug-likeness (QED) is 0.402. The average Bonchev–Trinajstić information content (AvgIpc) is 2.65. The second-order valence-corrected chi connectivity index (χ2v) is 8.71. The molecule has 154 valence electrons. The van der Waals surface area contributed by atoms with E-state index in [1.54, 1.807) is 0 Å². The summed E-state index contributed by atoms with van der Waals surface area (Å²) in [6.07, 6.45) is 10.1. The van der Waals surface area contributed by atoms with Gasteiger partial charge in [-0.3, -0.25) is 0 Å². The standard InChI is InChI=1S/C26H32O3/c1-7-26(6)16-20(15-14-18(4)11-8-10-17(2)3)28-24-22-19(5)12-9-13-21(22)29-25(27)23(24)26/h7,9-10,12-14,20H,1,8,11,15-16H2,2-6H3. The lowest BCUT2D eigenvalue weighted by Gasteiger charge is -2.37. The molecular formula is C26H32O3. The van der Waals surface area contributed by atoms with Crippen LogP contribution in [0.2, 0.25) is 0 Å². The van der Waals surface area contributed by atoms with Gasteiger partial charge < -0.3 is 9.15 Å². The van der Waals surface area contributed by atoms with Crippen LogP contribution in [0.5, 0.6) is 5.75 Å². The van der Waals surface area contributed by atoms with Gasteiger partial charge in [-0.2, -0.15) is 0 Å². The van der Waals surface area contributed by atoms with Crippen LogP contribution in [-0.4, -0.2) is 6.10 Å². The van der Waals surface area contributed by atoms with E-state index in [4.69, 9.17) is 9.15 Å². The van der Waals surface area contributed by atoms with E-state index in [2.05, 4.69) is 46.4 Å². The van der Waals surface area contributed by atoms with E-state index in [-0.39, 0.29) is 11.7 Å². The number of rotatable bonds is 6. The Bertz CT molecular complexity index is 1030. The van der Waals surface area contributed by atoms with Crippen molar-refractivity contribution < 1.29 is 9.15 Å². The van der Waals surface area contributed by atoms with Crippen molar-refractivity contribution >= 4 is 11.0 Å². The van der Waals surface area contributed by atoms with Crippen molar-refractivity contribution in [3.63, 3.8) is 0 Å². The fourth-order valence-corrected chi connectivity index (χ4v) is 4.12. The minimum absolute atomic E-state index is 0.00601. The summed E-state index contributed by atoms with van der Waals surface area (Å²) in [5, 5.41) is 0.893. The third-order valence-corrected chi connectivity index (χ3v) is 5.87. The minimum atomic E-state index is -0.473. The number of hydrogen-bond acceptors (Lipinski definition) is 3. The molecule has 0 fully saturated rings. The summed E-state index contributed by atoms with van der Waals surface area (Å²) >= 11 is 0. The molecule has 2 aromatic rings. The van der Waals surface area contributed by atoms with Crippen LogP contribution in [0, 0.1) is 6.92 Å². The lowest BCUT2D eigenvalue weighted by molar-refractivity contribution is 0.144. The van der Waals surface area contributed by atoms with Gasteiger partial charge in [0.05, 0.1) is 10.9 Å². The summed E-state index contributed by atoms with van der Waals surface area (Å²) in [5.74, 6) is 0.670. The van der Waals surface area contributed by atoms with Crippen LogP contribution in [0.25, 0.3) is 11.0 Å². The normalized spacial score (nSPS) is 21.4. The lowest BCUT2D eigenvalue weighted by atomic mass is 9.75. The third kappa shape index (κ3) is 4.39. The second kappa shape index (κ2) is 8.44. The molecule has 0 amide bonds. The molecule has 2 heterocycles. The highest BCUT2D eigenvalue weighted by Crippen LogP contribution is 2.45. The summed E-state index contributed by atoms with van der Waals surface area (Å²) in [6.45, 7) is 14.5. The molecule has 1 aromatic carbocycles. The maximum Gasteiger partial charge on any atom is 0.344 e. The van der Waals surface area contributed by atoms with Gasteiger partial charge in [0.1, 0.15) is 17.4 Å². The molecule has 1 aliphatic rings. The van der Waals surface area contributed by atoms with Gasteiger partial charge in [0.25, 0.3) is 0 Å². The second-order valence-electron chi connectivity index (χ2n) is 8.71. The third-order valence-electron chi connectivity index (χ3n) is 5.87. The molecule has 2 unspecified atom stereocenters. The summed E-state index contributed by atoms with van der Waals surface area (Å²) in [4.78, 5) is 12.8. The monoisotopic (exact) mass is 392 g/mol. The Hall–Kier alpha value is -2.55. The van der Waals surface area contributed by atoms with Gasteiger partial charge in [-0.15, -0.1) is 6.58 Å². The fourth-order valence-electron chi connectivity index (χ4n) is 4.12. The van der Waals surface area contributed by atoms with Crippen molar-refractivity contribution in [1.82, 2.24) is 0 Å². The SMILES string of the molecule is C=CC1(C)CC(CC=C(C)CCC=C(C)C)Oc2c1c(=O)oc1cccc(C)c21. The van der Waals surface area contributed by atoms with Gasteiger partial charge in [0, 0.05) is 11.8 Å². The molecule has 0 aliphatic carbocycles. The van der Waals surface area contributed by atoms with Crippen molar-refractivity contribution in [3.05, 3.63) is 75.7 Å². The molecule has 0 spiro atoms. The maximum atomic E-state index is 12.8.